The summed E-state index contributed by atoms with van der Waals surface area (Å²) in [6.45, 7) is 0. The first-order valence-electron chi connectivity index (χ1n) is 5.66. The van der Waals surface area contributed by atoms with Crippen LogP contribution in [0.5, 0.6) is 0 Å². The van der Waals surface area contributed by atoms with Gasteiger partial charge < -0.3 is 5.32 Å². The highest BCUT2D eigenvalue weighted by Crippen LogP contribution is 2.12. The van der Waals surface area contributed by atoms with Gasteiger partial charge in [0.15, 0.2) is 0 Å². The van der Waals surface area contributed by atoms with Crippen LogP contribution in [0.4, 0.5) is 5.69 Å². The van der Waals surface area contributed by atoms with E-state index in [9.17, 15) is 4.79 Å². The Balaban J connectivity index is 1.73. The van der Waals surface area contributed by atoms with Gasteiger partial charge in [-0.15, -0.1) is 11.8 Å². The van der Waals surface area contributed by atoms with Gasteiger partial charge in [0.25, 0.3) is 0 Å². The first kappa shape index (κ1) is 12.6. The van der Waals surface area contributed by atoms with E-state index in [1.165, 1.54) is 5.56 Å². The van der Waals surface area contributed by atoms with Crippen molar-refractivity contribution in [1.29, 1.82) is 0 Å². The highest BCUT2D eigenvalue weighted by atomic mass is 32.2. The van der Waals surface area contributed by atoms with Crippen molar-refractivity contribution >= 4 is 23.4 Å². The predicted molar refractivity (Wildman–Crippen MR) is 75.5 cm³/mol. The van der Waals surface area contributed by atoms with Crippen molar-refractivity contribution < 1.29 is 4.79 Å². The molecule has 1 aromatic heterocycles. The SMILES string of the molecule is O=C(CSCc1ccccc1)Nc1cccnc1. The lowest BCUT2D eigenvalue weighted by Crippen LogP contribution is -2.14. The fraction of sp³-hybridized carbons (Fsp3) is 0.143. The van der Waals surface area contributed by atoms with Crippen molar-refractivity contribution in [3.63, 3.8) is 0 Å². The van der Waals surface area contributed by atoms with E-state index in [-0.39, 0.29) is 5.91 Å². The number of carbonyl (C=O) groups is 1. The number of benzene rings is 1. The van der Waals surface area contributed by atoms with Gasteiger partial charge in [-0.3, -0.25) is 9.78 Å². The van der Waals surface area contributed by atoms with Crippen LogP contribution in [0.1, 0.15) is 5.56 Å². The lowest BCUT2D eigenvalue weighted by atomic mass is 10.2. The molecule has 0 aliphatic heterocycles. The summed E-state index contributed by atoms with van der Waals surface area (Å²) < 4.78 is 0. The van der Waals surface area contributed by atoms with Crippen LogP contribution in [0.3, 0.4) is 0 Å². The number of nitrogens with zero attached hydrogens (tertiary/aromatic N) is 1. The molecule has 1 aromatic carbocycles. The minimum absolute atomic E-state index is 0.00364. The molecule has 18 heavy (non-hydrogen) atoms. The van der Waals surface area contributed by atoms with Crippen LogP contribution in [0.15, 0.2) is 54.9 Å². The van der Waals surface area contributed by atoms with E-state index >= 15 is 0 Å². The molecule has 0 fully saturated rings. The second-order valence-corrected chi connectivity index (χ2v) is 4.75. The molecule has 0 radical (unpaired) electrons. The van der Waals surface area contributed by atoms with Crippen LogP contribution in [0, 0.1) is 0 Å². The number of nitrogens with one attached hydrogen (secondary N) is 1. The number of carbonyl (C=O) groups excluding carboxylic acids is 1. The topological polar surface area (TPSA) is 42.0 Å². The fourth-order valence-corrected chi connectivity index (χ4v) is 2.26. The van der Waals surface area contributed by atoms with Crippen molar-refractivity contribution in [3.05, 3.63) is 60.4 Å². The molecule has 0 bridgehead atoms. The molecule has 0 atom stereocenters. The van der Waals surface area contributed by atoms with E-state index in [1.807, 2.05) is 24.3 Å². The summed E-state index contributed by atoms with van der Waals surface area (Å²) in [5.74, 6) is 1.30. The van der Waals surface area contributed by atoms with Crippen LogP contribution >= 0.6 is 11.8 Å². The van der Waals surface area contributed by atoms with Gasteiger partial charge in [0, 0.05) is 11.9 Å². The normalized spacial score (nSPS) is 10.0. The van der Waals surface area contributed by atoms with E-state index in [4.69, 9.17) is 0 Å². The zero-order valence-corrected chi connectivity index (χ0v) is 10.7. The smallest absolute Gasteiger partial charge is 0.234 e. The van der Waals surface area contributed by atoms with Gasteiger partial charge in [0.2, 0.25) is 5.91 Å². The number of pyridine rings is 1. The van der Waals surface area contributed by atoms with Gasteiger partial charge in [-0.1, -0.05) is 30.3 Å². The third kappa shape index (κ3) is 4.22. The molecule has 1 heterocycles. The maximum Gasteiger partial charge on any atom is 0.234 e. The van der Waals surface area contributed by atoms with Gasteiger partial charge in [0.1, 0.15) is 0 Å². The lowest BCUT2D eigenvalue weighted by molar-refractivity contribution is -0.113. The molecule has 0 spiro atoms. The molecule has 1 N–H and O–H groups in total. The molecule has 0 unspecified atom stereocenters. The molecule has 1 amide bonds. The Labute approximate surface area is 111 Å². The number of amides is 1. The van der Waals surface area contributed by atoms with Crippen LogP contribution in [-0.4, -0.2) is 16.6 Å². The largest absolute Gasteiger partial charge is 0.324 e. The summed E-state index contributed by atoms with van der Waals surface area (Å²) in [5.41, 5.74) is 1.97. The maximum atomic E-state index is 11.6. The second kappa shape index (κ2) is 6.81. The average Bonchev–Trinajstić information content (AvgIpc) is 2.41. The third-order valence-corrected chi connectivity index (χ3v) is 3.29. The molecule has 2 rings (SSSR count). The second-order valence-electron chi connectivity index (χ2n) is 3.77. The Kier molecular flexibility index (Phi) is 4.78. The number of hydrogen-bond acceptors (Lipinski definition) is 3. The average molecular weight is 258 g/mol. The van der Waals surface area contributed by atoms with Gasteiger partial charge in [0.05, 0.1) is 17.6 Å². The summed E-state index contributed by atoms with van der Waals surface area (Å²) in [6, 6.07) is 13.7. The molecule has 92 valence electrons. The number of rotatable bonds is 5. The molecule has 0 saturated heterocycles. The standard InChI is InChI=1S/C14H14N2OS/c17-14(16-13-7-4-8-15-9-13)11-18-10-12-5-2-1-3-6-12/h1-9H,10-11H2,(H,16,17). The third-order valence-electron chi connectivity index (χ3n) is 2.29. The van der Waals surface area contributed by atoms with Gasteiger partial charge in [-0.2, -0.15) is 0 Å². The molecule has 4 heteroatoms. The van der Waals surface area contributed by atoms with Gasteiger partial charge in [-0.05, 0) is 17.7 Å². The number of hydrogen-bond donors (Lipinski definition) is 1. The highest BCUT2D eigenvalue weighted by Gasteiger charge is 2.02. The molecule has 2 aromatic rings. The Morgan fingerprint density at radius 3 is 2.72 bits per heavy atom. The van der Waals surface area contributed by atoms with E-state index in [2.05, 4.69) is 22.4 Å². The Morgan fingerprint density at radius 2 is 2.00 bits per heavy atom. The molecular weight excluding hydrogens is 244 g/mol. The van der Waals surface area contributed by atoms with Gasteiger partial charge in [-0.25, -0.2) is 0 Å². The summed E-state index contributed by atoms with van der Waals surface area (Å²) >= 11 is 1.60. The molecule has 0 saturated carbocycles. The summed E-state index contributed by atoms with van der Waals surface area (Å²) in [6.07, 6.45) is 3.32. The quantitative estimate of drug-likeness (QED) is 0.896. The van der Waals surface area contributed by atoms with Crippen LogP contribution < -0.4 is 5.32 Å². The van der Waals surface area contributed by atoms with E-state index in [1.54, 1.807) is 30.2 Å². The van der Waals surface area contributed by atoms with E-state index in [0.29, 0.717) is 5.75 Å². The van der Waals surface area contributed by atoms with E-state index < -0.39 is 0 Å². The number of thioether (sulfide) groups is 1. The summed E-state index contributed by atoms with van der Waals surface area (Å²) in [4.78, 5) is 15.6. The molecular formula is C14H14N2OS. The fourth-order valence-electron chi connectivity index (χ4n) is 1.47. The van der Waals surface area contributed by atoms with Crippen LogP contribution in [0.2, 0.25) is 0 Å². The number of aromatic nitrogens is 1. The Hall–Kier alpha value is -1.81. The van der Waals surface area contributed by atoms with Crippen molar-refractivity contribution in [3.8, 4) is 0 Å². The minimum atomic E-state index is 0.00364. The van der Waals surface area contributed by atoms with Crippen molar-refractivity contribution in [2.75, 3.05) is 11.1 Å². The van der Waals surface area contributed by atoms with E-state index in [0.717, 1.165) is 11.4 Å². The number of anilines is 1. The monoisotopic (exact) mass is 258 g/mol. The Bertz CT molecular complexity index is 488. The zero-order valence-electron chi connectivity index (χ0n) is 9.87. The van der Waals surface area contributed by atoms with Crippen molar-refractivity contribution in [2.45, 2.75) is 5.75 Å². The minimum Gasteiger partial charge on any atom is -0.324 e. The highest BCUT2D eigenvalue weighted by molar-refractivity contribution is 7.99. The summed E-state index contributed by atoms with van der Waals surface area (Å²) in [7, 11) is 0. The van der Waals surface area contributed by atoms with Gasteiger partial charge >= 0.3 is 0 Å². The van der Waals surface area contributed by atoms with Crippen LogP contribution in [-0.2, 0) is 10.5 Å². The molecule has 0 aliphatic rings. The van der Waals surface area contributed by atoms with Crippen molar-refractivity contribution in [2.24, 2.45) is 0 Å². The predicted octanol–water partition coefficient (Wildman–Crippen LogP) is 2.95. The first-order chi connectivity index (χ1) is 8.84. The summed E-state index contributed by atoms with van der Waals surface area (Å²) in [5, 5.41) is 2.81. The molecule has 0 aliphatic carbocycles. The maximum absolute atomic E-state index is 11.6. The molecule has 3 nitrogen and oxygen atoms in total. The van der Waals surface area contributed by atoms with Crippen molar-refractivity contribution in [1.82, 2.24) is 4.98 Å². The zero-order chi connectivity index (χ0) is 12.6. The van der Waals surface area contributed by atoms with Crippen LogP contribution in [0.25, 0.3) is 0 Å². The Morgan fingerprint density at radius 1 is 1.17 bits per heavy atom. The first-order valence-corrected chi connectivity index (χ1v) is 6.81. The lowest BCUT2D eigenvalue weighted by Gasteiger charge is -2.04.